The van der Waals surface area contributed by atoms with Gasteiger partial charge in [-0.3, -0.25) is 4.79 Å². The molecule has 0 unspecified atom stereocenters. The Bertz CT molecular complexity index is 701. The predicted octanol–water partition coefficient (Wildman–Crippen LogP) is 3.64. The zero-order chi connectivity index (χ0) is 18.8. The number of benzene rings is 2. The fraction of sp³-hybridized carbons (Fsp3) is 0.381. The normalized spacial score (nSPS) is 10.6. The van der Waals surface area contributed by atoms with E-state index in [0.717, 1.165) is 18.7 Å². The fourth-order valence-electron chi connectivity index (χ4n) is 2.53. The summed E-state index contributed by atoms with van der Waals surface area (Å²) in [6.45, 7) is 5.37. The summed E-state index contributed by atoms with van der Waals surface area (Å²) in [6, 6.07) is 15.5. The molecule has 2 rings (SSSR count). The lowest BCUT2D eigenvalue weighted by molar-refractivity contribution is -0.116. The molecule has 0 bridgehead atoms. The van der Waals surface area contributed by atoms with Crippen molar-refractivity contribution in [2.75, 3.05) is 25.5 Å². The first-order valence-electron chi connectivity index (χ1n) is 8.97. The van der Waals surface area contributed by atoms with E-state index in [1.54, 1.807) is 7.11 Å². The molecule has 0 saturated carbocycles. The molecule has 0 aromatic heterocycles. The lowest BCUT2D eigenvalue weighted by Gasteiger charge is -2.14. The number of para-hydroxylation sites is 2. The van der Waals surface area contributed by atoms with E-state index in [2.05, 4.69) is 16.7 Å². The Morgan fingerprint density at radius 2 is 1.88 bits per heavy atom. The minimum absolute atomic E-state index is 0.0290. The zero-order valence-electron chi connectivity index (χ0n) is 15.7. The van der Waals surface area contributed by atoms with Crippen LogP contribution in [0.25, 0.3) is 0 Å². The molecular weight excluding hydrogens is 328 g/mol. The van der Waals surface area contributed by atoms with E-state index in [9.17, 15) is 4.79 Å². The second-order valence-corrected chi connectivity index (χ2v) is 6.31. The van der Waals surface area contributed by atoms with Gasteiger partial charge in [-0.1, -0.05) is 24.3 Å². The molecule has 5 nitrogen and oxygen atoms in total. The van der Waals surface area contributed by atoms with Crippen LogP contribution in [0.3, 0.4) is 0 Å². The highest BCUT2D eigenvalue weighted by Gasteiger charge is 2.08. The van der Waals surface area contributed by atoms with Gasteiger partial charge >= 0.3 is 0 Å². The molecule has 0 aliphatic heterocycles. The van der Waals surface area contributed by atoms with E-state index in [-0.39, 0.29) is 12.0 Å². The van der Waals surface area contributed by atoms with Crippen molar-refractivity contribution in [1.82, 2.24) is 5.32 Å². The maximum Gasteiger partial charge on any atom is 0.225 e. The monoisotopic (exact) mass is 356 g/mol. The number of carbonyl (C=O) groups excluding carboxylic acids is 1. The quantitative estimate of drug-likeness (QED) is 0.638. The van der Waals surface area contributed by atoms with Gasteiger partial charge in [0.1, 0.15) is 11.5 Å². The van der Waals surface area contributed by atoms with E-state index >= 15 is 0 Å². The Balaban J connectivity index is 1.71. The molecular formula is C21H28N2O3. The van der Waals surface area contributed by atoms with Gasteiger partial charge in [0, 0.05) is 13.0 Å². The summed E-state index contributed by atoms with van der Waals surface area (Å²) in [4.78, 5) is 12.1. The van der Waals surface area contributed by atoms with Crippen LogP contribution in [0.4, 0.5) is 5.69 Å². The lowest BCUT2D eigenvalue weighted by atomic mass is 10.1. The molecule has 26 heavy (non-hydrogen) atoms. The van der Waals surface area contributed by atoms with Crippen LogP contribution >= 0.6 is 0 Å². The SMILES string of the molecule is COc1cccc(CCNCCC(=O)Nc2ccccc2OC(C)C)c1. The van der Waals surface area contributed by atoms with Gasteiger partial charge in [0.2, 0.25) is 5.91 Å². The maximum absolute atomic E-state index is 12.1. The van der Waals surface area contributed by atoms with Crippen molar-refractivity contribution < 1.29 is 14.3 Å². The molecule has 5 heteroatoms. The van der Waals surface area contributed by atoms with E-state index in [1.807, 2.05) is 56.3 Å². The number of amides is 1. The second kappa shape index (κ2) is 10.5. The van der Waals surface area contributed by atoms with Crippen LogP contribution in [0.15, 0.2) is 48.5 Å². The number of ether oxygens (including phenoxy) is 2. The van der Waals surface area contributed by atoms with Crippen LogP contribution in [0, 0.1) is 0 Å². The Labute approximate surface area is 155 Å². The minimum Gasteiger partial charge on any atom is -0.497 e. The van der Waals surface area contributed by atoms with Gasteiger partial charge in [0.25, 0.3) is 0 Å². The Kier molecular flexibility index (Phi) is 7.96. The third-order valence-corrected chi connectivity index (χ3v) is 3.78. The van der Waals surface area contributed by atoms with Gasteiger partial charge in [-0.25, -0.2) is 0 Å². The molecule has 2 aromatic rings. The first-order chi connectivity index (χ1) is 12.6. The summed E-state index contributed by atoms with van der Waals surface area (Å²) < 4.78 is 10.9. The highest BCUT2D eigenvalue weighted by molar-refractivity contribution is 5.92. The number of hydrogen-bond donors (Lipinski definition) is 2. The largest absolute Gasteiger partial charge is 0.497 e. The molecule has 0 heterocycles. The van der Waals surface area contributed by atoms with Crippen molar-refractivity contribution in [3.05, 3.63) is 54.1 Å². The molecule has 0 fully saturated rings. The Morgan fingerprint density at radius 1 is 1.08 bits per heavy atom. The lowest BCUT2D eigenvalue weighted by Crippen LogP contribution is -2.24. The molecule has 2 N–H and O–H groups in total. The van der Waals surface area contributed by atoms with Crippen molar-refractivity contribution in [2.45, 2.75) is 32.8 Å². The predicted molar refractivity (Wildman–Crippen MR) is 105 cm³/mol. The molecule has 2 aromatic carbocycles. The van der Waals surface area contributed by atoms with Crippen LogP contribution in [-0.4, -0.2) is 32.2 Å². The van der Waals surface area contributed by atoms with Gasteiger partial charge in [-0.2, -0.15) is 0 Å². The first kappa shape index (κ1) is 19.8. The summed E-state index contributed by atoms with van der Waals surface area (Å²) in [5.74, 6) is 1.53. The highest BCUT2D eigenvalue weighted by atomic mass is 16.5. The standard InChI is InChI=1S/C21H28N2O3/c1-16(2)26-20-10-5-4-9-19(20)23-21(24)12-14-22-13-11-17-7-6-8-18(15-17)25-3/h4-10,15-16,22H,11-14H2,1-3H3,(H,23,24). The first-order valence-corrected chi connectivity index (χ1v) is 8.97. The average molecular weight is 356 g/mol. The number of anilines is 1. The number of carbonyl (C=O) groups is 1. The van der Waals surface area contributed by atoms with E-state index in [1.165, 1.54) is 5.56 Å². The summed E-state index contributed by atoms with van der Waals surface area (Å²) in [5, 5.41) is 6.22. The molecule has 0 aliphatic carbocycles. The van der Waals surface area contributed by atoms with Gasteiger partial charge < -0.3 is 20.1 Å². The number of rotatable bonds is 10. The van der Waals surface area contributed by atoms with Gasteiger partial charge in [0.15, 0.2) is 0 Å². The van der Waals surface area contributed by atoms with Crippen molar-refractivity contribution in [3.63, 3.8) is 0 Å². The summed E-state index contributed by atoms with van der Waals surface area (Å²) in [6.07, 6.45) is 1.36. The minimum atomic E-state index is -0.0290. The van der Waals surface area contributed by atoms with E-state index < -0.39 is 0 Å². The van der Waals surface area contributed by atoms with Gasteiger partial charge in [-0.15, -0.1) is 0 Å². The van der Waals surface area contributed by atoms with Crippen LogP contribution in [0.5, 0.6) is 11.5 Å². The molecule has 140 valence electrons. The maximum atomic E-state index is 12.1. The van der Waals surface area contributed by atoms with Crippen molar-refractivity contribution >= 4 is 11.6 Å². The van der Waals surface area contributed by atoms with Crippen molar-refractivity contribution in [2.24, 2.45) is 0 Å². The van der Waals surface area contributed by atoms with Crippen LogP contribution in [0.1, 0.15) is 25.8 Å². The highest BCUT2D eigenvalue weighted by Crippen LogP contribution is 2.24. The third-order valence-electron chi connectivity index (χ3n) is 3.78. The van der Waals surface area contributed by atoms with Crippen molar-refractivity contribution in [1.29, 1.82) is 0 Å². The van der Waals surface area contributed by atoms with Crippen LogP contribution in [-0.2, 0) is 11.2 Å². The Hall–Kier alpha value is -2.53. The number of methoxy groups -OCH3 is 1. The molecule has 0 aliphatic rings. The number of hydrogen-bond acceptors (Lipinski definition) is 4. The smallest absolute Gasteiger partial charge is 0.225 e. The summed E-state index contributed by atoms with van der Waals surface area (Å²) in [5.41, 5.74) is 1.92. The topological polar surface area (TPSA) is 59.6 Å². The van der Waals surface area contributed by atoms with E-state index in [0.29, 0.717) is 24.4 Å². The van der Waals surface area contributed by atoms with Crippen LogP contribution < -0.4 is 20.1 Å². The average Bonchev–Trinajstić information content (AvgIpc) is 2.63. The fourth-order valence-corrected chi connectivity index (χ4v) is 2.53. The van der Waals surface area contributed by atoms with Crippen molar-refractivity contribution in [3.8, 4) is 11.5 Å². The zero-order valence-corrected chi connectivity index (χ0v) is 15.7. The molecule has 0 radical (unpaired) electrons. The molecule has 0 spiro atoms. The number of nitrogens with one attached hydrogen (secondary N) is 2. The second-order valence-electron chi connectivity index (χ2n) is 6.31. The van der Waals surface area contributed by atoms with Gasteiger partial charge in [0.05, 0.1) is 18.9 Å². The molecule has 1 amide bonds. The van der Waals surface area contributed by atoms with E-state index in [4.69, 9.17) is 9.47 Å². The summed E-state index contributed by atoms with van der Waals surface area (Å²) in [7, 11) is 1.67. The van der Waals surface area contributed by atoms with Gasteiger partial charge in [-0.05, 0) is 56.6 Å². The Morgan fingerprint density at radius 3 is 2.65 bits per heavy atom. The third kappa shape index (κ3) is 6.76. The molecule has 0 saturated heterocycles. The summed E-state index contributed by atoms with van der Waals surface area (Å²) >= 11 is 0. The molecule has 0 atom stereocenters. The van der Waals surface area contributed by atoms with Crippen LogP contribution in [0.2, 0.25) is 0 Å².